The fraction of sp³-hybridized carbons (Fsp3) is 0.300. The second kappa shape index (κ2) is 3.91. The van der Waals surface area contributed by atoms with Crippen LogP contribution in [-0.4, -0.2) is 4.98 Å². The number of hydrogen-bond acceptors (Lipinski definition) is 1. The van der Waals surface area contributed by atoms with E-state index in [1.807, 2.05) is 24.5 Å². The molecule has 0 saturated carbocycles. The third kappa shape index (κ3) is 2.54. The standard InChI is InChI=1S/C10H13N/c1-3-9(2)8-10-4-6-11-7-5-10/h4-7H,2-3,8H2,1H3. The monoisotopic (exact) mass is 147 g/mol. The Morgan fingerprint density at radius 3 is 2.64 bits per heavy atom. The molecule has 1 nitrogen and oxygen atoms in total. The summed E-state index contributed by atoms with van der Waals surface area (Å²) in [5.74, 6) is 0. The van der Waals surface area contributed by atoms with Crippen molar-refractivity contribution >= 4 is 0 Å². The SMILES string of the molecule is C=C(CC)Cc1ccncc1. The van der Waals surface area contributed by atoms with Crippen molar-refractivity contribution in [2.45, 2.75) is 19.8 Å². The zero-order valence-electron chi connectivity index (χ0n) is 6.88. The molecule has 0 amide bonds. The van der Waals surface area contributed by atoms with Crippen molar-refractivity contribution in [3.8, 4) is 0 Å². The van der Waals surface area contributed by atoms with Crippen LogP contribution in [-0.2, 0) is 6.42 Å². The van der Waals surface area contributed by atoms with Crippen LogP contribution in [0.5, 0.6) is 0 Å². The van der Waals surface area contributed by atoms with Crippen LogP contribution in [0.25, 0.3) is 0 Å². The van der Waals surface area contributed by atoms with Crippen LogP contribution in [0.1, 0.15) is 18.9 Å². The number of hydrogen-bond donors (Lipinski definition) is 0. The average Bonchev–Trinajstić information content (AvgIpc) is 2.06. The fourth-order valence-corrected chi connectivity index (χ4v) is 0.914. The van der Waals surface area contributed by atoms with Gasteiger partial charge in [-0.1, -0.05) is 19.1 Å². The molecular formula is C10H13N. The van der Waals surface area contributed by atoms with Gasteiger partial charge in [-0.3, -0.25) is 4.98 Å². The summed E-state index contributed by atoms with van der Waals surface area (Å²) in [5, 5.41) is 0. The minimum atomic E-state index is 0.985. The molecule has 1 aromatic heterocycles. The largest absolute Gasteiger partial charge is 0.265 e. The molecule has 0 aliphatic rings. The number of nitrogens with zero attached hydrogens (tertiary/aromatic N) is 1. The summed E-state index contributed by atoms with van der Waals surface area (Å²) in [6, 6.07) is 4.06. The quantitative estimate of drug-likeness (QED) is 0.599. The van der Waals surface area contributed by atoms with Gasteiger partial charge in [0, 0.05) is 12.4 Å². The van der Waals surface area contributed by atoms with Crippen molar-refractivity contribution in [1.29, 1.82) is 0 Å². The van der Waals surface area contributed by atoms with Gasteiger partial charge in [0.05, 0.1) is 0 Å². The van der Waals surface area contributed by atoms with E-state index < -0.39 is 0 Å². The van der Waals surface area contributed by atoms with E-state index in [9.17, 15) is 0 Å². The highest BCUT2D eigenvalue weighted by Gasteiger charge is 1.92. The number of pyridine rings is 1. The van der Waals surface area contributed by atoms with E-state index in [1.54, 1.807) is 0 Å². The molecule has 1 aromatic rings. The van der Waals surface area contributed by atoms with E-state index in [0.717, 1.165) is 12.8 Å². The molecule has 0 aliphatic carbocycles. The predicted octanol–water partition coefficient (Wildman–Crippen LogP) is 2.59. The van der Waals surface area contributed by atoms with Gasteiger partial charge in [0.25, 0.3) is 0 Å². The first-order chi connectivity index (χ1) is 5.33. The van der Waals surface area contributed by atoms with Crippen molar-refractivity contribution in [1.82, 2.24) is 4.98 Å². The lowest BCUT2D eigenvalue weighted by molar-refractivity contribution is 1.01. The minimum absolute atomic E-state index is 0.985. The molecule has 0 radical (unpaired) electrons. The van der Waals surface area contributed by atoms with Crippen molar-refractivity contribution in [2.75, 3.05) is 0 Å². The fourth-order valence-electron chi connectivity index (χ4n) is 0.914. The number of rotatable bonds is 3. The van der Waals surface area contributed by atoms with Crippen molar-refractivity contribution in [2.24, 2.45) is 0 Å². The van der Waals surface area contributed by atoms with Crippen LogP contribution in [0.3, 0.4) is 0 Å². The molecular weight excluding hydrogens is 134 g/mol. The zero-order valence-corrected chi connectivity index (χ0v) is 6.88. The molecule has 1 heteroatoms. The maximum atomic E-state index is 3.95. The highest BCUT2D eigenvalue weighted by atomic mass is 14.6. The molecule has 0 aromatic carbocycles. The maximum absolute atomic E-state index is 3.95. The minimum Gasteiger partial charge on any atom is -0.265 e. The van der Waals surface area contributed by atoms with Crippen LogP contribution in [0.4, 0.5) is 0 Å². The second-order valence-electron chi connectivity index (χ2n) is 2.64. The summed E-state index contributed by atoms with van der Waals surface area (Å²) in [7, 11) is 0. The van der Waals surface area contributed by atoms with E-state index in [4.69, 9.17) is 0 Å². The summed E-state index contributed by atoms with van der Waals surface area (Å²) in [6.07, 6.45) is 5.68. The lowest BCUT2D eigenvalue weighted by atomic mass is 10.1. The topological polar surface area (TPSA) is 12.9 Å². The van der Waals surface area contributed by atoms with Gasteiger partial charge in [-0.15, -0.1) is 0 Å². The third-order valence-corrected chi connectivity index (χ3v) is 1.70. The first kappa shape index (κ1) is 7.99. The Kier molecular flexibility index (Phi) is 2.84. The molecule has 0 N–H and O–H groups in total. The van der Waals surface area contributed by atoms with Crippen molar-refractivity contribution < 1.29 is 0 Å². The van der Waals surface area contributed by atoms with Gasteiger partial charge in [-0.25, -0.2) is 0 Å². The molecule has 1 rings (SSSR count). The molecule has 0 atom stereocenters. The smallest absolute Gasteiger partial charge is 0.0270 e. The van der Waals surface area contributed by atoms with E-state index in [0.29, 0.717) is 0 Å². The Hall–Kier alpha value is -1.11. The normalized spacial score (nSPS) is 9.55. The molecule has 0 fully saturated rings. The lowest BCUT2D eigenvalue weighted by Crippen LogP contribution is -1.87. The third-order valence-electron chi connectivity index (χ3n) is 1.70. The van der Waals surface area contributed by atoms with Crippen LogP contribution < -0.4 is 0 Å². The molecule has 0 bridgehead atoms. The van der Waals surface area contributed by atoms with Gasteiger partial charge in [0.1, 0.15) is 0 Å². The van der Waals surface area contributed by atoms with Gasteiger partial charge in [-0.2, -0.15) is 0 Å². The van der Waals surface area contributed by atoms with Crippen LogP contribution >= 0.6 is 0 Å². The first-order valence-corrected chi connectivity index (χ1v) is 3.88. The highest BCUT2D eigenvalue weighted by molar-refractivity contribution is 5.16. The maximum Gasteiger partial charge on any atom is 0.0270 e. The Morgan fingerprint density at radius 1 is 1.45 bits per heavy atom. The second-order valence-corrected chi connectivity index (χ2v) is 2.64. The van der Waals surface area contributed by atoms with Crippen LogP contribution in [0.2, 0.25) is 0 Å². The van der Waals surface area contributed by atoms with Crippen molar-refractivity contribution in [3.05, 3.63) is 42.2 Å². The van der Waals surface area contributed by atoms with Gasteiger partial charge in [-0.05, 0) is 30.5 Å². The average molecular weight is 147 g/mol. The van der Waals surface area contributed by atoms with Gasteiger partial charge in [0.15, 0.2) is 0 Å². The van der Waals surface area contributed by atoms with Gasteiger partial charge >= 0.3 is 0 Å². The summed E-state index contributed by atoms with van der Waals surface area (Å²) < 4.78 is 0. The summed E-state index contributed by atoms with van der Waals surface area (Å²) in [4.78, 5) is 3.95. The molecule has 58 valence electrons. The van der Waals surface area contributed by atoms with E-state index in [1.165, 1.54) is 11.1 Å². The number of allylic oxidation sites excluding steroid dienone is 1. The molecule has 0 aliphatic heterocycles. The summed E-state index contributed by atoms with van der Waals surface area (Å²) >= 11 is 0. The van der Waals surface area contributed by atoms with Gasteiger partial charge < -0.3 is 0 Å². The first-order valence-electron chi connectivity index (χ1n) is 3.88. The van der Waals surface area contributed by atoms with E-state index in [-0.39, 0.29) is 0 Å². The van der Waals surface area contributed by atoms with Crippen LogP contribution in [0.15, 0.2) is 36.7 Å². The lowest BCUT2D eigenvalue weighted by Gasteiger charge is -2.00. The Labute approximate surface area is 67.8 Å². The molecule has 0 saturated heterocycles. The molecule has 0 spiro atoms. The summed E-state index contributed by atoms with van der Waals surface area (Å²) in [5.41, 5.74) is 2.57. The van der Waals surface area contributed by atoms with E-state index >= 15 is 0 Å². The molecule has 1 heterocycles. The molecule has 0 unspecified atom stereocenters. The Balaban J connectivity index is 2.58. The Morgan fingerprint density at radius 2 is 2.09 bits per heavy atom. The summed E-state index contributed by atoms with van der Waals surface area (Å²) in [6.45, 7) is 6.08. The molecule has 11 heavy (non-hydrogen) atoms. The van der Waals surface area contributed by atoms with Gasteiger partial charge in [0.2, 0.25) is 0 Å². The van der Waals surface area contributed by atoms with Crippen LogP contribution in [0, 0.1) is 0 Å². The predicted molar refractivity (Wildman–Crippen MR) is 47.4 cm³/mol. The Bertz CT molecular complexity index is 226. The van der Waals surface area contributed by atoms with Crippen molar-refractivity contribution in [3.63, 3.8) is 0 Å². The number of aromatic nitrogens is 1. The van der Waals surface area contributed by atoms with E-state index in [2.05, 4.69) is 18.5 Å². The highest BCUT2D eigenvalue weighted by Crippen LogP contribution is 2.06. The zero-order chi connectivity index (χ0) is 8.10.